The van der Waals surface area contributed by atoms with Gasteiger partial charge in [0.15, 0.2) is 0 Å². The lowest BCUT2D eigenvalue weighted by molar-refractivity contribution is 0.134. The van der Waals surface area contributed by atoms with Crippen LogP contribution in [0.4, 0.5) is 10.5 Å². The van der Waals surface area contributed by atoms with Gasteiger partial charge in [-0.25, -0.2) is 4.79 Å². The number of hydrogen-bond donors (Lipinski definition) is 1. The van der Waals surface area contributed by atoms with Crippen LogP contribution in [0, 0.1) is 0 Å². The van der Waals surface area contributed by atoms with E-state index in [1.807, 2.05) is 42.5 Å². The molecule has 0 aromatic heterocycles. The smallest absolute Gasteiger partial charge is 0.407 e. The number of alkyl carbamates (subject to hydrolysis) is 1. The van der Waals surface area contributed by atoms with Gasteiger partial charge in [-0.2, -0.15) is 0 Å². The summed E-state index contributed by atoms with van der Waals surface area (Å²) in [5.74, 6) is 0. The van der Waals surface area contributed by atoms with Crippen molar-refractivity contribution in [2.24, 2.45) is 0 Å². The third-order valence-electron chi connectivity index (χ3n) is 7.55. The van der Waals surface area contributed by atoms with E-state index >= 15 is 0 Å². The number of hydrogen-bond acceptors (Lipinski definition) is 3. The topological polar surface area (TPSA) is 41.6 Å². The zero-order chi connectivity index (χ0) is 25.2. The van der Waals surface area contributed by atoms with Crippen molar-refractivity contribution in [1.82, 2.24) is 5.32 Å². The molecule has 4 aromatic carbocycles. The molecule has 1 amide bonds. The van der Waals surface area contributed by atoms with Gasteiger partial charge in [-0.15, -0.1) is 0 Å². The molecule has 0 unspecified atom stereocenters. The second kappa shape index (κ2) is 10.3. The van der Waals surface area contributed by atoms with Crippen molar-refractivity contribution in [3.05, 3.63) is 136 Å². The van der Waals surface area contributed by atoms with E-state index in [2.05, 4.69) is 70.9 Å². The van der Waals surface area contributed by atoms with Gasteiger partial charge in [-0.3, -0.25) is 0 Å². The van der Waals surface area contributed by atoms with Crippen LogP contribution in [0.5, 0.6) is 0 Å². The van der Waals surface area contributed by atoms with E-state index in [-0.39, 0.29) is 24.7 Å². The maximum atomic E-state index is 13.0. The SMILES string of the molecule is O=C(N[C@H]1C[C@@H](c2ccc(Cl)cc2)N2c3c(cccc31)CC[C@H]2c1ccccc1)OCc1ccccc1. The quantitative estimate of drug-likeness (QED) is 0.297. The van der Waals surface area contributed by atoms with Gasteiger partial charge in [0.1, 0.15) is 6.61 Å². The highest BCUT2D eigenvalue weighted by atomic mass is 35.5. The van der Waals surface area contributed by atoms with Gasteiger partial charge in [0, 0.05) is 10.7 Å². The summed E-state index contributed by atoms with van der Waals surface area (Å²) in [6.45, 7) is 0.245. The Morgan fingerprint density at radius 3 is 2.30 bits per heavy atom. The third-order valence-corrected chi connectivity index (χ3v) is 7.80. The molecule has 0 saturated carbocycles. The second-order valence-electron chi connectivity index (χ2n) is 9.79. The molecule has 0 fully saturated rings. The highest BCUT2D eigenvalue weighted by Gasteiger charge is 2.41. The third kappa shape index (κ3) is 4.82. The van der Waals surface area contributed by atoms with Crippen LogP contribution in [0.1, 0.15) is 58.8 Å². The minimum Gasteiger partial charge on any atom is -0.445 e. The second-order valence-corrected chi connectivity index (χ2v) is 10.2. The first kappa shape index (κ1) is 23.6. The van der Waals surface area contributed by atoms with E-state index in [0.29, 0.717) is 0 Å². The van der Waals surface area contributed by atoms with Crippen molar-refractivity contribution in [1.29, 1.82) is 0 Å². The number of nitrogens with one attached hydrogen (secondary N) is 1. The van der Waals surface area contributed by atoms with E-state index in [1.54, 1.807) is 0 Å². The lowest BCUT2D eigenvalue weighted by Gasteiger charge is -2.50. The number of benzene rings is 4. The molecule has 1 N–H and O–H groups in total. The molecule has 2 aliphatic rings. The first-order chi connectivity index (χ1) is 18.2. The number of carbonyl (C=O) groups is 1. The minimum absolute atomic E-state index is 0.0795. The van der Waals surface area contributed by atoms with Gasteiger partial charge < -0.3 is 15.0 Å². The number of amides is 1. The molecule has 186 valence electrons. The molecular formula is C32H29ClN2O2. The summed E-state index contributed by atoms with van der Waals surface area (Å²) < 4.78 is 5.61. The molecule has 5 heteroatoms. The summed E-state index contributed by atoms with van der Waals surface area (Å²) in [5.41, 5.74) is 7.19. The highest BCUT2D eigenvalue weighted by Crippen LogP contribution is 2.52. The molecule has 0 radical (unpaired) electrons. The fraction of sp³-hybridized carbons (Fsp3) is 0.219. The number of rotatable bonds is 5. The molecule has 6 rings (SSSR count). The van der Waals surface area contributed by atoms with Gasteiger partial charge in [0.25, 0.3) is 0 Å². The van der Waals surface area contributed by atoms with Crippen molar-refractivity contribution < 1.29 is 9.53 Å². The number of para-hydroxylation sites is 1. The van der Waals surface area contributed by atoms with Crippen molar-refractivity contribution in [2.75, 3.05) is 4.90 Å². The Morgan fingerprint density at radius 1 is 0.838 bits per heavy atom. The molecule has 2 aliphatic heterocycles. The molecule has 2 heterocycles. The summed E-state index contributed by atoms with van der Waals surface area (Å²) in [6, 6.07) is 35.3. The predicted octanol–water partition coefficient (Wildman–Crippen LogP) is 7.95. The number of halogens is 1. The fourth-order valence-electron chi connectivity index (χ4n) is 5.86. The zero-order valence-corrected chi connectivity index (χ0v) is 21.3. The lowest BCUT2D eigenvalue weighted by Crippen LogP contribution is -2.44. The van der Waals surface area contributed by atoms with E-state index in [1.165, 1.54) is 22.4 Å². The van der Waals surface area contributed by atoms with Crippen LogP contribution in [0.3, 0.4) is 0 Å². The van der Waals surface area contributed by atoms with Crippen LogP contribution in [0.2, 0.25) is 5.02 Å². The maximum absolute atomic E-state index is 13.0. The van der Waals surface area contributed by atoms with E-state index in [9.17, 15) is 4.79 Å². The summed E-state index contributed by atoms with van der Waals surface area (Å²) in [6.07, 6.45) is 2.38. The molecule has 0 saturated heterocycles. The number of ether oxygens (including phenoxy) is 1. The van der Waals surface area contributed by atoms with Gasteiger partial charge in [-0.05, 0) is 59.2 Å². The summed E-state index contributed by atoms with van der Waals surface area (Å²) in [5, 5.41) is 3.91. The largest absolute Gasteiger partial charge is 0.445 e. The molecule has 37 heavy (non-hydrogen) atoms. The van der Waals surface area contributed by atoms with Gasteiger partial charge in [0.05, 0.1) is 18.1 Å². The highest BCUT2D eigenvalue weighted by molar-refractivity contribution is 6.30. The average Bonchev–Trinajstić information content (AvgIpc) is 2.95. The number of anilines is 1. The summed E-state index contributed by atoms with van der Waals surface area (Å²) in [4.78, 5) is 15.5. The Labute approximate surface area is 222 Å². The first-order valence-corrected chi connectivity index (χ1v) is 13.2. The Kier molecular flexibility index (Phi) is 6.58. The number of nitrogens with zero attached hydrogens (tertiary/aromatic N) is 1. The van der Waals surface area contributed by atoms with E-state index < -0.39 is 6.09 Å². The van der Waals surface area contributed by atoms with Crippen LogP contribution >= 0.6 is 11.6 Å². The normalized spacial score (nSPS) is 20.1. The Hall–Kier alpha value is -3.76. The molecule has 0 bridgehead atoms. The summed E-state index contributed by atoms with van der Waals surface area (Å²) >= 11 is 6.26. The van der Waals surface area contributed by atoms with Crippen molar-refractivity contribution in [3.8, 4) is 0 Å². The van der Waals surface area contributed by atoms with Crippen molar-refractivity contribution in [2.45, 2.75) is 44.0 Å². The van der Waals surface area contributed by atoms with E-state index in [0.717, 1.165) is 35.4 Å². The summed E-state index contributed by atoms with van der Waals surface area (Å²) in [7, 11) is 0. The maximum Gasteiger partial charge on any atom is 0.407 e. The number of aryl methyl sites for hydroxylation is 1. The fourth-order valence-corrected chi connectivity index (χ4v) is 5.99. The molecule has 4 aromatic rings. The molecule has 3 atom stereocenters. The first-order valence-electron chi connectivity index (χ1n) is 12.8. The van der Waals surface area contributed by atoms with Crippen LogP contribution in [0.15, 0.2) is 103 Å². The van der Waals surface area contributed by atoms with Crippen LogP contribution in [0.25, 0.3) is 0 Å². The van der Waals surface area contributed by atoms with E-state index in [4.69, 9.17) is 16.3 Å². The average molecular weight is 509 g/mol. The van der Waals surface area contributed by atoms with Crippen LogP contribution < -0.4 is 10.2 Å². The molecule has 0 spiro atoms. The minimum atomic E-state index is -0.398. The van der Waals surface area contributed by atoms with Crippen molar-refractivity contribution >= 4 is 23.4 Å². The van der Waals surface area contributed by atoms with Crippen LogP contribution in [-0.4, -0.2) is 6.09 Å². The molecule has 0 aliphatic carbocycles. The Bertz CT molecular complexity index is 1380. The lowest BCUT2D eigenvalue weighted by atomic mass is 9.79. The zero-order valence-electron chi connectivity index (χ0n) is 20.5. The van der Waals surface area contributed by atoms with Gasteiger partial charge in [-0.1, -0.05) is 103 Å². The van der Waals surface area contributed by atoms with Crippen molar-refractivity contribution in [3.63, 3.8) is 0 Å². The van der Waals surface area contributed by atoms with Gasteiger partial charge in [0.2, 0.25) is 0 Å². The van der Waals surface area contributed by atoms with Crippen LogP contribution in [-0.2, 0) is 17.8 Å². The standard InChI is InChI=1S/C32H29ClN2O2/c33-26-17-14-24(15-18-26)30-20-28(34-32(36)37-21-22-8-3-1-4-9-22)27-13-7-12-25-16-19-29(35(30)31(25)27)23-10-5-2-6-11-23/h1-15,17-18,28-30H,16,19-21H2,(H,34,36)/t28-,29-,30-/m0/s1. The number of carbonyl (C=O) groups excluding carboxylic acids is 1. The Morgan fingerprint density at radius 2 is 1.54 bits per heavy atom. The monoisotopic (exact) mass is 508 g/mol. The molecule has 4 nitrogen and oxygen atoms in total. The Balaban J connectivity index is 1.36. The predicted molar refractivity (Wildman–Crippen MR) is 148 cm³/mol. The molecular weight excluding hydrogens is 480 g/mol. The van der Waals surface area contributed by atoms with Gasteiger partial charge >= 0.3 is 6.09 Å².